The van der Waals surface area contributed by atoms with Crippen LogP contribution < -0.4 is 14.8 Å². The van der Waals surface area contributed by atoms with E-state index in [-0.39, 0.29) is 18.3 Å². The van der Waals surface area contributed by atoms with E-state index >= 15 is 0 Å². The number of nitrogens with one attached hydrogen (secondary N) is 1. The molecule has 0 unspecified atom stereocenters. The zero-order valence-corrected chi connectivity index (χ0v) is 19.1. The number of aliphatic imine (C=N–C) groups is 1. The van der Waals surface area contributed by atoms with Gasteiger partial charge in [0.1, 0.15) is 12.4 Å². The third kappa shape index (κ3) is 5.81. The Morgan fingerprint density at radius 2 is 1.82 bits per heavy atom. The van der Waals surface area contributed by atoms with Crippen molar-refractivity contribution in [1.82, 2.24) is 5.32 Å². The van der Waals surface area contributed by atoms with Crippen molar-refractivity contribution in [2.45, 2.75) is 20.5 Å². The van der Waals surface area contributed by atoms with E-state index < -0.39 is 0 Å². The molecule has 1 fully saturated rings. The molecule has 0 saturated carbocycles. The van der Waals surface area contributed by atoms with Gasteiger partial charge in [-0.25, -0.2) is 9.38 Å². The average Bonchev–Trinajstić information content (AvgIpc) is 3.14. The van der Waals surface area contributed by atoms with Gasteiger partial charge in [0.05, 0.1) is 17.2 Å². The van der Waals surface area contributed by atoms with Crippen molar-refractivity contribution in [2.24, 2.45) is 4.99 Å². The summed E-state index contributed by atoms with van der Waals surface area (Å²) >= 11 is 1.28. The van der Waals surface area contributed by atoms with Crippen LogP contribution in [0.2, 0.25) is 0 Å². The topological polar surface area (TPSA) is 59.9 Å². The van der Waals surface area contributed by atoms with Crippen molar-refractivity contribution in [1.29, 1.82) is 0 Å². The zero-order chi connectivity index (χ0) is 23.2. The molecule has 1 amide bonds. The molecule has 0 atom stereocenters. The van der Waals surface area contributed by atoms with Crippen LogP contribution in [-0.2, 0) is 11.4 Å². The highest BCUT2D eigenvalue weighted by atomic mass is 32.2. The Morgan fingerprint density at radius 3 is 2.58 bits per heavy atom. The van der Waals surface area contributed by atoms with Gasteiger partial charge in [-0.15, -0.1) is 0 Å². The fourth-order valence-electron chi connectivity index (χ4n) is 3.14. The Kier molecular flexibility index (Phi) is 7.10. The average molecular weight is 463 g/mol. The molecule has 3 aromatic carbocycles. The summed E-state index contributed by atoms with van der Waals surface area (Å²) in [5, 5.41) is 3.33. The van der Waals surface area contributed by atoms with Gasteiger partial charge in [0.25, 0.3) is 5.91 Å². The van der Waals surface area contributed by atoms with E-state index in [0.29, 0.717) is 33.7 Å². The highest BCUT2D eigenvalue weighted by Crippen LogP contribution is 2.33. The summed E-state index contributed by atoms with van der Waals surface area (Å²) in [6.45, 7) is 4.42. The summed E-state index contributed by atoms with van der Waals surface area (Å²) in [5.41, 5.74) is 3.17. The SMILES string of the molecule is CCOc1cc(/C=C2/SC(=Nc3ccc(C)cc3)NC2=O)ccc1OCc1ccccc1F. The molecule has 0 bridgehead atoms. The number of nitrogens with zero attached hydrogens (tertiary/aromatic N) is 1. The van der Waals surface area contributed by atoms with Gasteiger partial charge >= 0.3 is 0 Å². The Morgan fingerprint density at radius 1 is 1.03 bits per heavy atom. The summed E-state index contributed by atoms with van der Waals surface area (Å²) in [4.78, 5) is 17.5. The molecule has 0 radical (unpaired) electrons. The lowest BCUT2D eigenvalue weighted by molar-refractivity contribution is -0.115. The molecule has 1 saturated heterocycles. The number of rotatable bonds is 7. The van der Waals surface area contributed by atoms with Gasteiger partial charge in [-0.2, -0.15) is 0 Å². The van der Waals surface area contributed by atoms with Crippen LogP contribution in [0.4, 0.5) is 10.1 Å². The number of thioether (sulfide) groups is 1. The molecule has 33 heavy (non-hydrogen) atoms. The number of hydrogen-bond donors (Lipinski definition) is 1. The highest BCUT2D eigenvalue weighted by molar-refractivity contribution is 8.18. The van der Waals surface area contributed by atoms with E-state index in [9.17, 15) is 9.18 Å². The first-order valence-electron chi connectivity index (χ1n) is 10.5. The minimum atomic E-state index is -0.316. The van der Waals surface area contributed by atoms with E-state index in [1.807, 2.05) is 44.2 Å². The second-order valence-electron chi connectivity index (χ2n) is 7.34. The van der Waals surface area contributed by atoms with Gasteiger partial charge in [0.15, 0.2) is 16.7 Å². The summed E-state index contributed by atoms with van der Waals surface area (Å²) < 4.78 is 25.4. The maximum Gasteiger partial charge on any atom is 0.264 e. The Balaban J connectivity index is 1.51. The van der Waals surface area contributed by atoms with Crippen molar-refractivity contribution in [3.63, 3.8) is 0 Å². The fraction of sp³-hybridized carbons (Fsp3) is 0.154. The van der Waals surface area contributed by atoms with Crippen molar-refractivity contribution in [2.75, 3.05) is 6.61 Å². The number of benzene rings is 3. The van der Waals surface area contributed by atoms with E-state index in [1.54, 1.807) is 36.4 Å². The van der Waals surface area contributed by atoms with Gasteiger partial charge in [-0.3, -0.25) is 4.79 Å². The smallest absolute Gasteiger partial charge is 0.264 e. The summed E-state index contributed by atoms with van der Waals surface area (Å²) in [6, 6.07) is 19.6. The van der Waals surface area contributed by atoms with Crippen LogP contribution in [0.1, 0.15) is 23.6 Å². The number of hydrogen-bond acceptors (Lipinski definition) is 5. The maximum absolute atomic E-state index is 13.9. The first-order chi connectivity index (χ1) is 16.0. The third-order valence-corrected chi connectivity index (χ3v) is 5.73. The summed E-state index contributed by atoms with van der Waals surface area (Å²) in [5.74, 6) is 0.514. The van der Waals surface area contributed by atoms with E-state index in [2.05, 4.69) is 10.3 Å². The number of carbonyl (C=O) groups is 1. The Labute approximate surface area is 196 Å². The molecule has 5 nitrogen and oxygen atoms in total. The number of halogens is 1. The number of ether oxygens (including phenoxy) is 2. The first-order valence-corrected chi connectivity index (χ1v) is 11.3. The lowest BCUT2D eigenvalue weighted by Crippen LogP contribution is -2.19. The molecule has 3 aromatic rings. The third-order valence-electron chi connectivity index (χ3n) is 4.82. The minimum absolute atomic E-state index is 0.0876. The van der Waals surface area contributed by atoms with Gasteiger partial charge in [0.2, 0.25) is 0 Å². The van der Waals surface area contributed by atoms with Gasteiger partial charge in [-0.05, 0) is 67.6 Å². The Hall–Kier alpha value is -3.58. The van der Waals surface area contributed by atoms with E-state index in [0.717, 1.165) is 16.8 Å². The van der Waals surface area contributed by atoms with E-state index in [4.69, 9.17) is 9.47 Å². The molecular formula is C26H23FN2O3S. The minimum Gasteiger partial charge on any atom is -0.490 e. The second kappa shape index (κ2) is 10.4. The number of amides is 1. The fourth-order valence-corrected chi connectivity index (χ4v) is 3.98. The molecule has 0 spiro atoms. The predicted octanol–water partition coefficient (Wildman–Crippen LogP) is 6.00. The molecule has 1 aliphatic rings. The highest BCUT2D eigenvalue weighted by Gasteiger charge is 2.24. The van der Waals surface area contributed by atoms with Crippen molar-refractivity contribution < 1.29 is 18.7 Å². The molecule has 1 heterocycles. The predicted molar refractivity (Wildman–Crippen MR) is 130 cm³/mol. The van der Waals surface area contributed by atoms with Gasteiger partial charge in [0, 0.05) is 5.56 Å². The largest absolute Gasteiger partial charge is 0.490 e. The molecule has 168 valence electrons. The van der Waals surface area contributed by atoms with Crippen LogP contribution in [0.15, 0.2) is 76.6 Å². The zero-order valence-electron chi connectivity index (χ0n) is 18.3. The maximum atomic E-state index is 13.9. The van der Waals surface area contributed by atoms with Crippen molar-refractivity contribution in [3.05, 3.63) is 94.1 Å². The number of carbonyl (C=O) groups excluding carboxylic acids is 1. The molecule has 7 heteroatoms. The molecule has 1 N–H and O–H groups in total. The van der Waals surface area contributed by atoms with Crippen LogP contribution in [-0.4, -0.2) is 17.7 Å². The number of aryl methyl sites for hydroxylation is 1. The monoisotopic (exact) mass is 462 g/mol. The quantitative estimate of drug-likeness (QED) is 0.437. The molecular weight excluding hydrogens is 439 g/mol. The molecule has 0 aromatic heterocycles. The van der Waals surface area contributed by atoms with E-state index in [1.165, 1.54) is 17.8 Å². The number of amidine groups is 1. The Bertz CT molecular complexity index is 1220. The lowest BCUT2D eigenvalue weighted by atomic mass is 10.1. The molecule has 0 aliphatic carbocycles. The van der Waals surface area contributed by atoms with Crippen LogP contribution in [0.5, 0.6) is 11.5 Å². The lowest BCUT2D eigenvalue weighted by Gasteiger charge is -2.13. The van der Waals surface area contributed by atoms with Crippen LogP contribution in [0.25, 0.3) is 6.08 Å². The molecule has 4 rings (SSSR count). The van der Waals surface area contributed by atoms with Crippen LogP contribution in [0.3, 0.4) is 0 Å². The second-order valence-corrected chi connectivity index (χ2v) is 8.37. The van der Waals surface area contributed by atoms with Crippen LogP contribution in [0, 0.1) is 12.7 Å². The summed E-state index contributed by atoms with van der Waals surface area (Å²) in [7, 11) is 0. The van der Waals surface area contributed by atoms with Gasteiger partial charge < -0.3 is 14.8 Å². The van der Waals surface area contributed by atoms with Crippen molar-refractivity contribution in [3.8, 4) is 11.5 Å². The van der Waals surface area contributed by atoms with Crippen molar-refractivity contribution >= 4 is 34.6 Å². The summed E-state index contributed by atoms with van der Waals surface area (Å²) in [6.07, 6.45) is 1.78. The normalized spacial score (nSPS) is 15.7. The van der Waals surface area contributed by atoms with Crippen LogP contribution >= 0.6 is 11.8 Å². The first kappa shape index (κ1) is 22.6. The molecule has 1 aliphatic heterocycles. The van der Waals surface area contributed by atoms with Gasteiger partial charge in [-0.1, -0.05) is 42.0 Å². The standard InChI is InChI=1S/C26H23FN2O3S/c1-3-31-23-14-18(10-13-22(23)32-16-19-6-4-5-7-21(19)27)15-24-25(30)29-26(33-24)28-20-11-8-17(2)9-12-20/h4-15H,3,16H2,1-2H3,(H,28,29,30)/b24-15+.